The lowest BCUT2D eigenvalue weighted by Gasteiger charge is -2.21. The van der Waals surface area contributed by atoms with Gasteiger partial charge >= 0.3 is 0 Å². The zero-order valence-electron chi connectivity index (χ0n) is 12.2. The van der Waals surface area contributed by atoms with Gasteiger partial charge in [-0.3, -0.25) is 4.79 Å². The summed E-state index contributed by atoms with van der Waals surface area (Å²) in [6, 6.07) is 6.18. The molecule has 0 atom stereocenters. The van der Waals surface area contributed by atoms with Gasteiger partial charge in [0.1, 0.15) is 0 Å². The predicted molar refractivity (Wildman–Crippen MR) is 81.3 cm³/mol. The first kappa shape index (κ1) is 15.9. The van der Waals surface area contributed by atoms with Crippen LogP contribution >= 0.6 is 0 Å². The molecule has 0 radical (unpaired) electrons. The minimum atomic E-state index is -3.46. The van der Waals surface area contributed by atoms with Gasteiger partial charge in [0.25, 0.3) is 0 Å². The summed E-state index contributed by atoms with van der Waals surface area (Å²) in [5.74, 6) is -0.197. The van der Waals surface area contributed by atoms with Crippen LogP contribution in [0.1, 0.15) is 26.7 Å². The van der Waals surface area contributed by atoms with Gasteiger partial charge in [0.05, 0.1) is 10.3 Å². The monoisotopic (exact) mass is 311 g/mol. The van der Waals surface area contributed by atoms with E-state index >= 15 is 0 Å². The molecule has 1 aliphatic carbocycles. The third-order valence-electron chi connectivity index (χ3n) is 3.45. The zero-order valence-corrected chi connectivity index (χ0v) is 13.0. The van der Waals surface area contributed by atoms with E-state index in [9.17, 15) is 13.2 Å². The summed E-state index contributed by atoms with van der Waals surface area (Å²) in [5.41, 5.74) is 5.43. The zero-order chi connectivity index (χ0) is 15.7. The van der Waals surface area contributed by atoms with Gasteiger partial charge in [-0.25, -0.2) is 13.1 Å². The summed E-state index contributed by atoms with van der Waals surface area (Å²) < 4.78 is 26.6. The van der Waals surface area contributed by atoms with Crippen molar-refractivity contribution >= 4 is 21.6 Å². The second-order valence-electron chi connectivity index (χ2n) is 5.96. The topological polar surface area (TPSA) is 101 Å². The van der Waals surface area contributed by atoms with Crippen LogP contribution < -0.4 is 15.8 Å². The van der Waals surface area contributed by atoms with Crippen molar-refractivity contribution in [2.24, 2.45) is 11.1 Å². The van der Waals surface area contributed by atoms with E-state index in [4.69, 9.17) is 5.73 Å². The Kier molecular flexibility index (Phi) is 4.36. The van der Waals surface area contributed by atoms with Gasteiger partial charge in [0.15, 0.2) is 0 Å². The Morgan fingerprint density at radius 1 is 1.29 bits per heavy atom. The largest absolute Gasteiger partial charge is 0.329 e. The smallest absolute Gasteiger partial charge is 0.240 e. The minimum Gasteiger partial charge on any atom is -0.329 e. The van der Waals surface area contributed by atoms with Crippen molar-refractivity contribution in [1.29, 1.82) is 0 Å². The lowest BCUT2D eigenvalue weighted by molar-refractivity contribution is -0.123. The average Bonchev–Trinajstić information content (AvgIpc) is 3.22. The second kappa shape index (κ2) is 5.75. The van der Waals surface area contributed by atoms with Gasteiger partial charge in [0, 0.05) is 18.3 Å². The molecule has 116 valence electrons. The maximum Gasteiger partial charge on any atom is 0.240 e. The molecule has 0 aromatic heterocycles. The molecule has 1 saturated carbocycles. The number of rotatable bonds is 6. The van der Waals surface area contributed by atoms with Crippen LogP contribution in [0.5, 0.6) is 0 Å². The van der Waals surface area contributed by atoms with Crippen LogP contribution in [0.25, 0.3) is 0 Å². The van der Waals surface area contributed by atoms with Crippen LogP contribution in [0.2, 0.25) is 0 Å². The van der Waals surface area contributed by atoms with Crippen LogP contribution in [0.3, 0.4) is 0 Å². The van der Waals surface area contributed by atoms with E-state index in [0.717, 1.165) is 12.8 Å². The highest BCUT2D eigenvalue weighted by Crippen LogP contribution is 2.23. The molecule has 1 aliphatic rings. The second-order valence-corrected chi connectivity index (χ2v) is 7.68. The number of amides is 1. The van der Waals surface area contributed by atoms with Crippen molar-refractivity contribution in [1.82, 2.24) is 4.72 Å². The van der Waals surface area contributed by atoms with E-state index < -0.39 is 15.4 Å². The van der Waals surface area contributed by atoms with Crippen molar-refractivity contribution in [3.8, 4) is 0 Å². The maximum atomic E-state index is 12.0. The SMILES string of the molecule is CC(C)(CN)C(=O)Nc1ccc(S(=O)(=O)NC2CC2)cc1. The van der Waals surface area contributed by atoms with E-state index in [1.165, 1.54) is 12.1 Å². The number of carbonyl (C=O) groups excluding carboxylic acids is 1. The molecule has 7 heteroatoms. The van der Waals surface area contributed by atoms with Gasteiger partial charge in [-0.05, 0) is 51.0 Å². The highest BCUT2D eigenvalue weighted by atomic mass is 32.2. The highest BCUT2D eigenvalue weighted by molar-refractivity contribution is 7.89. The molecule has 21 heavy (non-hydrogen) atoms. The fourth-order valence-electron chi connectivity index (χ4n) is 1.60. The number of hydrogen-bond acceptors (Lipinski definition) is 4. The molecule has 1 aromatic rings. The number of benzene rings is 1. The Hall–Kier alpha value is -1.44. The highest BCUT2D eigenvalue weighted by Gasteiger charge is 2.28. The third-order valence-corrected chi connectivity index (χ3v) is 4.98. The number of carbonyl (C=O) groups is 1. The molecule has 0 aliphatic heterocycles. The van der Waals surface area contributed by atoms with Crippen LogP contribution in [0.4, 0.5) is 5.69 Å². The number of nitrogens with two attached hydrogens (primary N) is 1. The number of sulfonamides is 1. The summed E-state index contributed by atoms with van der Waals surface area (Å²) in [6.45, 7) is 3.73. The van der Waals surface area contributed by atoms with Crippen LogP contribution in [0.15, 0.2) is 29.2 Å². The Bertz CT molecular complexity index is 619. The van der Waals surface area contributed by atoms with E-state index in [2.05, 4.69) is 10.0 Å². The fourth-order valence-corrected chi connectivity index (χ4v) is 2.90. The quantitative estimate of drug-likeness (QED) is 0.731. The molecule has 0 spiro atoms. The third kappa shape index (κ3) is 4.03. The minimum absolute atomic E-state index is 0.0692. The molecule has 0 unspecified atom stereocenters. The Morgan fingerprint density at radius 2 is 1.86 bits per heavy atom. The standard InChI is InChI=1S/C14H21N3O3S/c1-14(2,9-15)13(18)16-10-5-7-12(8-6-10)21(19,20)17-11-3-4-11/h5-8,11,17H,3-4,9,15H2,1-2H3,(H,16,18). The molecule has 0 saturated heterocycles. The summed E-state index contributed by atoms with van der Waals surface area (Å²) in [4.78, 5) is 12.2. The summed E-state index contributed by atoms with van der Waals surface area (Å²) in [5, 5.41) is 2.73. The van der Waals surface area contributed by atoms with Crippen molar-refractivity contribution in [2.75, 3.05) is 11.9 Å². The first-order valence-corrected chi connectivity index (χ1v) is 8.37. The summed E-state index contributed by atoms with van der Waals surface area (Å²) in [6.07, 6.45) is 1.78. The Morgan fingerprint density at radius 3 is 2.33 bits per heavy atom. The summed E-state index contributed by atoms with van der Waals surface area (Å²) in [7, 11) is -3.46. The molecule has 0 bridgehead atoms. The van der Waals surface area contributed by atoms with Gasteiger partial charge < -0.3 is 11.1 Å². The van der Waals surface area contributed by atoms with Gasteiger partial charge in [-0.15, -0.1) is 0 Å². The molecular formula is C14H21N3O3S. The van der Waals surface area contributed by atoms with E-state index in [-0.39, 0.29) is 23.4 Å². The number of anilines is 1. The van der Waals surface area contributed by atoms with Crippen LogP contribution in [-0.2, 0) is 14.8 Å². The fraction of sp³-hybridized carbons (Fsp3) is 0.500. The lowest BCUT2D eigenvalue weighted by Crippen LogP contribution is -2.37. The Balaban J connectivity index is 2.07. The van der Waals surface area contributed by atoms with Crippen molar-refractivity contribution in [2.45, 2.75) is 37.6 Å². The number of nitrogens with one attached hydrogen (secondary N) is 2. The normalized spacial score (nSPS) is 15.8. The first-order chi connectivity index (χ1) is 9.74. The van der Waals surface area contributed by atoms with Gasteiger partial charge in [-0.2, -0.15) is 0 Å². The van der Waals surface area contributed by atoms with Crippen LogP contribution in [0, 0.1) is 5.41 Å². The lowest BCUT2D eigenvalue weighted by atomic mass is 9.92. The van der Waals surface area contributed by atoms with E-state index in [1.807, 2.05) is 0 Å². The van der Waals surface area contributed by atoms with Crippen molar-refractivity contribution in [3.63, 3.8) is 0 Å². The molecule has 4 N–H and O–H groups in total. The molecule has 6 nitrogen and oxygen atoms in total. The molecule has 2 rings (SSSR count). The molecule has 0 heterocycles. The Labute approximate surface area is 125 Å². The number of hydrogen-bond donors (Lipinski definition) is 3. The van der Waals surface area contributed by atoms with Crippen LogP contribution in [-0.4, -0.2) is 26.9 Å². The molecule has 1 fully saturated rings. The summed E-state index contributed by atoms with van der Waals surface area (Å²) >= 11 is 0. The average molecular weight is 311 g/mol. The molecular weight excluding hydrogens is 290 g/mol. The van der Waals surface area contributed by atoms with E-state index in [0.29, 0.717) is 5.69 Å². The van der Waals surface area contributed by atoms with Crippen molar-refractivity contribution in [3.05, 3.63) is 24.3 Å². The van der Waals surface area contributed by atoms with Crippen molar-refractivity contribution < 1.29 is 13.2 Å². The van der Waals surface area contributed by atoms with Gasteiger partial charge in [0.2, 0.25) is 15.9 Å². The predicted octanol–water partition coefficient (Wildman–Crippen LogP) is 1.05. The van der Waals surface area contributed by atoms with Gasteiger partial charge in [-0.1, -0.05) is 0 Å². The molecule has 1 amide bonds. The molecule has 1 aromatic carbocycles. The maximum absolute atomic E-state index is 12.0. The van der Waals surface area contributed by atoms with E-state index in [1.54, 1.807) is 26.0 Å². The first-order valence-electron chi connectivity index (χ1n) is 6.88.